The van der Waals surface area contributed by atoms with Gasteiger partial charge in [0.25, 0.3) is 0 Å². The van der Waals surface area contributed by atoms with Gasteiger partial charge in [0.1, 0.15) is 0 Å². The summed E-state index contributed by atoms with van der Waals surface area (Å²) in [6.45, 7) is 4.42. The third kappa shape index (κ3) is 3.72. The first kappa shape index (κ1) is 13.5. The van der Waals surface area contributed by atoms with Crippen LogP contribution in [0, 0.1) is 5.92 Å². The summed E-state index contributed by atoms with van der Waals surface area (Å²) in [6, 6.07) is -0.0605. The van der Waals surface area contributed by atoms with Gasteiger partial charge in [0.05, 0.1) is 0 Å². The second-order valence-electron chi connectivity index (χ2n) is 4.60. The molecular weight excluding hydrogens is 222 g/mol. The Bertz CT molecular complexity index is 320. The first-order chi connectivity index (χ1) is 7.91. The van der Waals surface area contributed by atoms with E-state index in [1.165, 1.54) is 4.90 Å². The highest BCUT2D eigenvalue weighted by Crippen LogP contribution is 2.16. The number of primary amides is 1. The maximum Gasteiger partial charge on any atom is 0.311 e. The zero-order valence-electron chi connectivity index (χ0n) is 10.2. The summed E-state index contributed by atoms with van der Waals surface area (Å²) >= 11 is 0. The molecular formula is C11H19N3O3. The van der Waals surface area contributed by atoms with Crippen LogP contribution < -0.4 is 11.1 Å². The summed E-state index contributed by atoms with van der Waals surface area (Å²) in [5.74, 6) is -1.62. The predicted octanol–water partition coefficient (Wildman–Crippen LogP) is -0.765. The van der Waals surface area contributed by atoms with Crippen LogP contribution >= 0.6 is 0 Å². The zero-order chi connectivity index (χ0) is 13.0. The number of nitrogens with one attached hydrogen (secondary N) is 1. The minimum atomic E-state index is -0.586. The Labute approximate surface area is 101 Å². The smallest absolute Gasteiger partial charge is 0.311 e. The number of rotatable bonds is 2. The topological polar surface area (TPSA) is 92.5 Å². The molecule has 0 saturated carbocycles. The van der Waals surface area contributed by atoms with Crippen LogP contribution in [0.5, 0.6) is 0 Å². The van der Waals surface area contributed by atoms with Gasteiger partial charge in [0, 0.05) is 25.0 Å². The van der Waals surface area contributed by atoms with Crippen molar-refractivity contribution in [3.8, 4) is 0 Å². The van der Waals surface area contributed by atoms with Gasteiger partial charge in [-0.3, -0.25) is 14.4 Å². The third-order valence-corrected chi connectivity index (χ3v) is 2.80. The van der Waals surface area contributed by atoms with Crippen molar-refractivity contribution in [1.82, 2.24) is 10.2 Å². The molecule has 1 saturated heterocycles. The van der Waals surface area contributed by atoms with Gasteiger partial charge in [-0.05, 0) is 26.7 Å². The zero-order valence-corrected chi connectivity index (χ0v) is 10.2. The van der Waals surface area contributed by atoms with Gasteiger partial charge in [0.2, 0.25) is 5.91 Å². The van der Waals surface area contributed by atoms with E-state index in [0.29, 0.717) is 25.9 Å². The Kier molecular flexibility index (Phi) is 4.48. The van der Waals surface area contributed by atoms with Gasteiger partial charge in [-0.2, -0.15) is 0 Å². The van der Waals surface area contributed by atoms with Gasteiger partial charge in [-0.25, -0.2) is 0 Å². The average Bonchev–Trinajstić information content (AvgIpc) is 2.27. The minimum Gasteiger partial charge on any atom is -0.369 e. The number of likely N-dealkylation sites (tertiary alicyclic amines) is 1. The van der Waals surface area contributed by atoms with Crippen LogP contribution in [0.3, 0.4) is 0 Å². The number of hydrogen-bond donors (Lipinski definition) is 2. The number of carbonyl (C=O) groups is 3. The van der Waals surface area contributed by atoms with E-state index in [9.17, 15) is 14.4 Å². The van der Waals surface area contributed by atoms with Crippen LogP contribution in [-0.2, 0) is 14.4 Å². The highest BCUT2D eigenvalue weighted by atomic mass is 16.2. The van der Waals surface area contributed by atoms with Gasteiger partial charge in [0.15, 0.2) is 0 Å². The van der Waals surface area contributed by atoms with Gasteiger partial charge < -0.3 is 16.0 Å². The van der Waals surface area contributed by atoms with E-state index in [1.54, 1.807) is 13.8 Å². The van der Waals surface area contributed by atoms with Gasteiger partial charge in [-0.1, -0.05) is 0 Å². The number of nitrogens with two attached hydrogens (primary N) is 1. The molecule has 0 unspecified atom stereocenters. The van der Waals surface area contributed by atoms with E-state index < -0.39 is 11.8 Å². The fraction of sp³-hybridized carbons (Fsp3) is 0.727. The molecule has 1 fully saturated rings. The molecule has 1 rings (SSSR count). The van der Waals surface area contributed by atoms with Crippen molar-refractivity contribution in [2.75, 3.05) is 13.1 Å². The molecule has 0 aromatic heterocycles. The third-order valence-electron chi connectivity index (χ3n) is 2.80. The van der Waals surface area contributed by atoms with Crippen LogP contribution in [0.25, 0.3) is 0 Å². The molecule has 6 heteroatoms. The first-order valence-electron chi connectivity index (χ1n) is 5.81. The summed E-state index contributed by atoms with van der Waals surface area (Å²) in [4.78, 5) is 35.6. The van der Waals surface area contributed by atoms with Gasteiger partial charge >= 0.3 is 11.8 Å². The fourth-order valence-corrected chi connectivity index (χ4v) is 1.83. The normalized spacial score (nSPS) is 17.0. The molecule has 1 aliphatic rings. The Morgan fingerprint density at radius 1 is 1.24 bits per heavy atom. The molecule has 3 N–H and O–H groups in total. The Morgan fingerprint density at radius 2 is 1.76 bits per heavy atom. The maximum atomic E-state index is 11.7. The molecule has 0 aromatic carbocycles. The summed E-state index contributed by atoms with van der Waals surface area (Å²) in [5, 5.41) is 2.55. The molecule has 0 spiro atoms. The van der Waals surface area contributed by atoms with E-state index >= 15 is 0 Å². The Balaban J connectivity index is 2.46. The molecule has 0 atom stereocenters. The fourth-order valence-electron chi connectivity index (χ4n) is 1.83. The molecule has 17 heavy (non-hydrogen) atoms. The van der Waals surface area contributed by atoms with E-state index in [2.05, 4.69) is 5.32 Å². The average molecular weight is 241 g/mol. The molecule has 0 radical (unpaired) electrons. The number of hydrogen-bond acceptors (Lipinski definition) is 3. The van der Waals surface area contributed by atoms with Crippen molar-refractivity contribution in [3.63, 3.8) is 0 Å². The standard InChI is InChI=1S/C11H19N3O3/c1-7(2)13-10(16)11(17)14-5-3-8(4-6-14)9(12)15/h7-8H,3-6H2,1-2H3,(H2,12,15)(H,13,16). The Morgan fingerprint density at radius 3 is 2.18 bits per heavy atom. The highest BCUT2D eigenvalue weighted by Gasteiger charge is 2.29. The summed E-state index contributed by atoms with van der Waals surface area (Å²) in [6.07, 6.45) is 1.08. The highest BCUT2D eigenvalue weighted by molar-refractivity contribution is 6.35. The minimum absolute atomic E-state index is 0.0605. The van der Waals surface area contributed by atoms with Crippen molar-refractivity contribution in [2.24, 2.45) is 11.7 Å². The molecule has 0 bridgehead atoms. The second-order valence-corrected chi connectivity index (χ2v) is 4.60. The van der Waals surface area contributed by atoms with Crippen LogP contribution in [0.1, 0.15) is 26.7 Å². The molecule has 1 aliphatic heterocycles. The van der Waals surface area contributed by atoms with Crippen molar-refractivity contribution in [3.05, 3.63) is 0 Å². The van der Waals surface area contributed by atoms with Crippen LogP contribution in [0.2, 0.25) is 0 Å². The van der Waals surface area contributed by atoms with E-state index in [4.69, 9.17) is 5.73 Å². The summed E-state index contributed by atoms with van der Waals surface area (Å²) in [7, 11) is 0. The second kappa shape index (κ2) is 5.65. The van der Waals surface area contributed by atoms with Crippen LogP contribution in [-0.4, -0.2) is 41.8 Å². The lowest BCUT2D eigenvalue weighted by atomic mass is 9.96. The number of nitrogens with zero attached hydrogens (tertiary/aromatic N) is 1. The SMILES string of the molecule is CC(C)NC(=O)C(=O)N1CCC(C(N)=O)CC1. The van der Waals surface area contributed by atoms with Crippen molar-refractivity contribution in [2.45, 2.75) is 32.7 Å². The molecule has 6 nitrogen and oxygen atoms in total. The lowest BCUT2D eigenvalue weighted by Gasteiger charge is -2.30. The first-order valence-corrected chi connectivity index (χ1v) is 5.81. The molecule has 0 aromatic rings. The molecule has 1 heterocycles. The quantitative estimate of drug-likeness (QED) is 0.622. The van der Waals surface area contributed by atoms with E-state index in [-0.39, 0.29) is 17.9 Å². The van der Waals surface area contributed by atoms with E-state index in [1.807, 2.05) is 0 Å². The largest absolute Gasteiger partial charge is 0.369 e. The van der Waals surface area contributed by atoms with Crippen LogP contribution in [0.4, 0.5) is 0 Å². The number of amides is 3. The number of carbonyl (C=O) groups excluding carboxylic acids is 3. The van der Waals surface area contributed by atoms with E-state index in [0.717, 1.165) is 0 Å². The lowest BCUT2D eigenvalue weighted by Crippen LogP contribution is -2.49. The van der Waals surface area contributed by atoms with Crippen molar-refractivity contribution >= 4 is 17.7 Å². The van der Waals surface area contributed by atoms with Crippen molar-refractivity contribution in [1.29, 1.82) is 0 Å². The molecule has 0 aliphatic carbocycles. The molecule has 3 amide bonds. The maximum absolute atomic E-state index is 11.7. The summed E-state index contributed by atoms with van der Waals surface area (Å²) < 4.78 is 0. The number of piperidine rings is 1. The van der Waals surface area contributed by atoms with Crippen LogP contribution in [0.15, 0.2) is 0 Å². The summed E-state index contributed by atoms with van der Waals surface area (Å²) in [5.41, 5.74) is 5.19. The lowest BCUT2D eigenvalue weighted by molar-refractivity contribution is -0.147. The van der Waals surface area contributed by atoms with Gasteiger partial charge in [-0.15, -0.1) is 0 Å². The molecule has 96 valence electrons. The van der Waals surface area contributed by atoms with Crippen molar-refractivity contribution < 1.29 is 14.4 Å². The predicted molar refractivity (Wildman–Crippen MR) is 61.8 cm³/mol. The monoisotopic (exact) mass is 241 g/mol. The Hall–Kier alpha value is -1.59.